The van der Waals surface area contributed by atoms with E-state index in [1.807, 2.05) is 6.07 Å². The van der Waals surface area contributed by atoms with Crippen LogP contribution in [-0.4, -0.2) is 5.11 Å². The van der Waals surface area contributed by atoms with E-state index in [0.29, 0.717) is 0 Å². The van der Waals surface area contributed by atoms with Crippen LogP contribution in [0.2, 0.25) is 0 Å². The lowest BCUT2D eigenvalue weighted by atomic mass is 9.96. The van der Waals surface area contributed by atoms with Gasteiger partial charge in [0.05, 0.1) is 6.61 Å². The minimum atomic E-state index is 0.0918. The molecule has 3 rings (SSSR count). The molecule has 3 aromatic rings. The van der Waals surface area contributed by atoms with Gasteiger partial charge in [-0.2, -0.15) is 0 Å². The van der Waals surface area contributed by atoms with Gasteiger partial charge in [-0.15, -0.1) is 0 Å². The zero-order valence-corrected chi connectivity index (χ0v) is 15.8. The topological polar surface area (TPSA) is 20.2 Å². The largest absolute Gasteiger partial charge is 0.392 e. The van der Waals surface area contributed by atoms with Crippen LogP contribution in [0.5, 0.6) is 0 Å². The molecule has 0 radical (unpaired) electrons. The molecule has 0 aromatic heterocycles. The van der Waals surface area contributed by atoms with Crippen molar-refractivity contribution in [3.8, 4) is 22.3 Å². The number of aliphatic hydroxyl groups excluding tert-OH is 1. The van der Waals surface area contributed by atoms with Crippen molar-refractivity contribution in [2.75, 3.05) is 0 Å². The fourth-order valence-electron chi connectivity index (χ4n) is 3.43. The highest BCUT2D eigenvalue weighted by atomic mass is 16.3. The first-order chi connectivity index (χ1) is 12.7. The molecular weight excluding hydrogens is 316 g/mol. The highest BCUT2D eigenvalue weighted by Crippen LogP contribution is 2.28. The van der Waals surface area contributed by atoms with E-state index in [1.165, 1.54) is 59.1 Å². The molecule has 0 fully saturated rings. The van der Waals surface area contributed by atoms with E-state index in [0.717, 1.165) is 5.56 Å². The van der Waals surface area contributed by atoms with E-state index in [4.69, 9.17) is 0 Å². The van der Waals surface area contributed by atoms with Crippen LogP contribution in [0.25, 0.3) is 22.3 Å². The molecule has 0 bridgehead atoms. The van der Waals surface area contributed by atoms with Gasteiger partial charge in [-0.3, -0.25) is 0 Å². The number of hydrogen-bond acceptors (Lipinski definition) is 1. The smallest absolute Gasteiger partial charge is 0.0681 e. The monoisotopic (exact) mass is 344 g/mol. The Bertz CT molecular complexity index is 829. The normalized spacial score (nSPS) is 10.9. The van der Waals surface area contributed by atoms with Crippen molar-refractivity contribution in [2.45, 2.75) is 46.1 Å². The quantitative estimate of drug-likeness (QED) is 0.482. The molecule has 0 heterocycles. The van der Waals surface area contributed by atoms with Crippen molar-refractivity contribution >= 4 is 0 Å². The second-order valence-electron chi connectivity index (χ2n) is 7.04. The molecular formula is C25H28O. The van der Waals surface area contributed by atoms with Gasteiger partial charge in [0, 0.05) is 0 Å². The Balaban J connectivity index is 1.75. The number of unbranched alkanes of at least 4 members (excludes halogenated alkanes) is 2. The molecule has 0 saturated carbocycles. The molecule has 1 heteroatoms. The van der Waals surface area contributed by atoms with Crippen molar-refractivity contribution in [3.05, 3.63) is 83.4 Å². The second-order valence-corrected chi connectivity index (χ2v) is 7.04. The number of aliphatic hydroxyl groups is 1. The fraction of sp³-hybridized carbons (Fsp3) is 0.280. The number of hydrogen-bond donors (Lipinski definition) is 1. The lowest BCUT2D eigenvalue weighted by Gasteiger charge is -2.10. The minimum absolute atomic E-state index is 0.0918. The molecule has 0 atom stereocenters. The SMILES string of the molecule is CCCCCc1ccc(-c2ccc(-c3ccc(CO)cc3C)cc2)cc1. The van der Waals surface area contributed by atoms with E-state index in [-0.39, 0.29) is 6.61 Å². The van der Waals surface area contributed by atoms with Gasteiger partial charge in [0.15, 0.2) is 0 Å². The number of benzene rings is 3. The Morgan fingerprint density at radius 2 is 1.27 bits per heavy atom. The maximum Gasteiger partial charge on any atom is 0.0681 e. The highest BCUT2D eigenvalue weighted by Gasteiger charge is 2.04. The van der Waals surface area contributed by atoms with Crippen LogP contribution in [0.1, 0.15) is 42.9 Å². The van der Waals surface area contributed by atoms with E-state index in [2.05, 4.69) is 74.5 Å². The van der Waals surface area contributed by atoms with Crippen LogP contribution in [-0.2, 0) is 13.0 Å². The standard InChI is InChI=1S/C25H28O/c1-3-4-5-6-20-7-10-22(11-8-20)23-12-14-24(15-13-23)25-16-9-21(18-26)17-19(25)2/h7-17,26H,3-6,18H2,1-2H3. The molecule has 0 aliphatic carbocycles. The van der Waals surface area contributed by atoms with Crippen LogP contribution in [0.15, 0.2) is 66.7 Å². The van der Waals surface area contributed by atoms with Gasteiger partial charge in [0.2, 0.25) is 0 Å². The molecule has 0 saturated heterocycles. The summed E-state index contributed by atoms with van der Waals surface area (Å²) in [6.07, 6.45) is 5.03. The summed E-state index contributed by atoms with van der Waals surface area (Å²) in [5.74, 6) is 0. The summed E-state index contributed by atoms with van der Waals surface area (Å²) in [5, 5.41) is 9.27. The van der Waals surface area contributed by atoms with Gasteiger partial charge >= 0.3 is 0 Å². The average molecular weight is 344 g/mol. The lowest BCUT2D eigenvalue weighted by molar-refractivity contribution is 0.282. The maximum absolute atomic E-state index is 9.27. The summed E-state index contributed by atoms with van der Waals surface area (Å²) in [5.41, 5.74) is 8.54. The second kappa shape index (κ2) is 8.82. The Kier molecular flexibility index (Phi) is 6.25. The van der Waals surface area contributed by atoms with Crippen LogP contribution < -0.4 is 0 Å². The van der Waals surface area contributed by atoms with Gasteiger partial charge in [0.1, 0.15) is 0 Å². The Morgan fingerprint density at radius 1 is 0.692 bits per heavy atom. The van der Waals surface area contributed by atoms with Crippen molar-refractivity contribution < 1.29 is 5.11 Å². The summed E-state index contributed by atoms with van der Waals surface area (Å²) in [4.78, 5) is 0. The summed E-state index contributed by atoms with van der Waals surface area (Å²) < 4.78 is 0. The molecule has 1 nitrogen and oxygen atoms in total. The van der Waals surface area contributed by atoms with Crippen LogP contribution in [0.3, 0.4) is 0 Å². The average Bonchev–Trinajstić information content (AvgIpc) is 2.69. The van der Waals surface area contributed by atoms with Gasteiger partial charge < -0.3 is 5.11 Å². The van der Waals surface area contributed by atoms with E-state index >= 15 is 0 Å². The van der Waals surface area contributed by atoms with Crippen LogP contribution in [0.4, 0.5) is 0 Å². The van der Waals surface area contributed by atoms with Crippen molar-refractivity contribution in [3.63, 3.8) is 0 Å². The molecule has 3 aromatic carbocycles. The Labute approximate surface area is 157 Å². The van der Waals surface area contributed by atoms with E-state index < -0.39 is 0 Å². The zero-order valence-electron chi connectivity index (χ0n) is 15.8. The van der Waals surface area contributed by atoms with Gasteiger partial charge in [0.25, 0.3) is 0 Å². The maximum atomic E-state index is 9.27. The lowest BCUT2D eigenvalue weighted by Crippen LogP contribution is -1.89. The summed E-state index contributed by atoms with van der Waals surface area (Å²) >= 11 is 0. The van der Waals surface area contributed by atoms with Gasteiger partial charge in [-0.25, -0.2) is 0 Å². The van der Waals surface area contributed by atoms with Crippen LogP contribution in [0, 0.1) is 6.92 Å². The Hall–Kier alpha value is -2.38. The molecule has 134 valence electrons. The molecule has 26 heavy (non-hydrogen) atoms. The van der Waals surface area contributed by atoms with Crippen molar-refractivity contribution in [1.82, 2.24) is 0 Å². The van der Waals surface area contributed by atoms with Crippen molar-refractivity contribution in [1.29, 1.82) is 0 Å². The Morgan fingerprint density at radius 3 is 1.85 bits per heavy atom. The first-order valence-electron chi connectivity index (χ1n) is 9.61. The summed E-state index contributed by atoms with van der Waals surface area (Å²) in [6.45, 7) is 4.43. The predicted molar refractivity (Wildman–Crippen MR) is 111 cm³/mol. The first kappa shape index (κ1) is 18.4. The molecule has 0 aliphatic heterocycles. The van der Waals surface area contributed by atoms with Crippen molar-refractivity contribution in [2.24, 2.45) is 0 Å². The molecule has 0 unspecified atom stereocenters. The zero-order chi connectivity index (χ0) is 18.4. The third kappa shape index (κ3) is 4.42. The molecule has 0 amide bonds. The molecule has 0 aliphatic rings. The predicted octanol–water partition coefficient (Wildman–Crippen LogP) is 6.55. The van der Waals surface area contributed by atoms with E-state index in [9.17, 15) is 5.11 Å². The van der Waals surface area contributed by atoms with E-state index in [1.54, 1.807) is 0 Å². The number of rotatable bonds is 7. The van der Waals surface area contributed by atoms with Crippen LogP contribution >= 0.6 is 0 Å². The molecule has 1 N–H and O–H groups in total. The summed E-state index contributed by atoms with van der Waals surface area (Å²) in [7, 11) is 0. The fourth-order valence-corrected chi connectivity index (χ4v) is 3.43. The molecule has 0 spiro atoms. The number of aryl methyl sites for hydroxylation is 2. The van der Waals surface area contributed by atoms with Gasteiger partial charge in [-0.1, -0.05) is 86.5 Å². The third-order valence-electron chi connectivity index (χ3n) is 5.03. The minimum Gasteiger partial charge on any atom is -0.392 e. The highest BCUT2D eigenvalue weighted by molar-refractivity contribution is 5.72. The summed E-state index contributed by atoms with van der Waals surface area (Å²) in [6, 6.07) is 23.9. The first-order valence-corrected chi connectivity index (χ1v) is 9.61. The third-order valence-corrected chi connectivity index (χ3v) is 5.03. The van der Waals surface area contributed by atoms with Gasteiger partial charge in [-0.05, 0) is 58.7 Å².